The highest BCUT2D eigenvalue weighted by molar-refractivity contribution is 7.89. The van der Waals surface area contributed by atoms with Crippen LogP contribution in [0.4, 0.5) is 5.69 Å². The molecule has 2 aromatic rings. The highest BCUT2D eigenvalue weighted by Crippen LogP contribution is 2.21. The summed E-state index contributed by atoms with van der Waals surface area (Å²) in [6.45, 7) is 5.23. The van der Waals surface area contributed by atoms with Crippen LogP contribution in [0.25, 0.3) is 0 Å². The van der Waals surface area contributed by atoms with Crippen molar-refractivity contribution in [2.45, 2.75) is 17.9 Å². The van der Waals surface area contributed by atoms with Gasteiger partial charge in [-0.2, -0.15) is 4.31 Å². The van der Waals surface area contributed by atoms with Crippen molar-refractivity contribution in [2.75, 3.05) is 57.8 Å². The first-order chi connectivity index (χ1) is 15.9. The fraction of sp³-hybridized carbons (Fsp3) is 0.455. The number of anilines is 1. The van der Waals surface area contributed by atoms with E-state index in [0.29, 0.717) is 63.9 Å². The molecule has 2 aliphatic heterocycles. The summed E-state index contributed by atoms with van der Waals surface area (Å²) < 4.78 is 37.6. The van der Waals surface area contributed by atoms with Gasteiger partial charge in [0, 0.05) is 45.0 Å². The number of sulfonamides is 1. The third-order valence-electron chi connectivity index (χ3n) is 5.97. The number of hydrogen-bond donors (Lipinski definition) is 1. The van der Waals surface area contributed by atoms with E-state index < -0.39 is 16.1 Å². The van der Waals surface area contributed by atoms with Crippen LogP contribution in [-0.4, -0.2) is 92.9 Å². The molecule has 4 rings (SSSR count). The first-order valence-corrected chi connectivity index (χ1v) is 12.4. The highest BCUT2D eigenvalue weighted by atomic mass is 32.2. The first kappa shape index (κ1) is 23.4. The first-order valence-electron chi connectivity index (χ1n) is 10.9. The molecular formula is C22H28N4O6S. The maximum atomic E-state index is 12.9. The molecule has 11 heteroatoms. The number of carbonyl (C=O) groups is 2. The number of nitrogens with one attached hydrogen (secondary N) is 1. The van der Waals surface area contributed by atoms with Gasteiger partial charge in [0.05, 0.1) is 30.4 Å². The van der Waals surface area contributed by atoms with Gasteiger partial charge in [-0.05, 0) is 37.3 Å². The number of benzene rings is 1. The number of rotatable bonds is 6. The summed E-state index contributed by atoms with van der Waals surface area (Å²) in [6, 6.07) is 9.17. The molecule has 1 aromatic carbocycles. The van der Waals surface area contributed by atoms with Crippen molar-refractivity contribution in [3.63, 3.8) is 0 Å². The number of piperazine rings is 1. The van der Waals surface area contributed by atoms with Crippen molar-refractivity contribution in [1.82, 2.24) is 14.1 Å². The Bertz CT molecular complexity index is 1070. The molecule has 178 valence electrons. The summed E-state index contributed by atoms with van der Waals surface area (Å²) in [5, 5.41) is 2.83. The summed E-state index contributed by atoms with van der Waals surface area (Å²) >= 11 is 0. The molecule has 0 bridgehead atoms. The smallest absolute Gasteiger partial charge is 0.289 e. The second kappa shape index (κ2) is 10.0. The zero-order valence-corrected chi connectivity index (χ0v) is 19.3. The van der Waals surface area contributed by atoms with Crippen molar-refractivity contribution in [3.8, 4) is 0 Å². The van der Waals surface area contributed by atoms with Crippen molar-refractivity contribution in [3.05, 3.63) is 48.4 Å². The Morgan fingerprint density at radius 1 is 1.00 bits per heavy atom. The Balaban J connectivity index is 1.35. The lowest BCUT2D eigenvalue weighted by atomic mass is 10.2. The van der Waals surface area contributed by atoms with Crippen LogP contribution in [0.3, 0.4) is 0 Å². The van der Waals surface area contributed by atoms with Gasteiger partial charge in [-0.3, -0.25) is 14.5 Å². The molecule has 3 heterocycles. The number of hydrogen-bond acceptors (Lipinski definition) is 7. The minimum Gasteiger partial charge on any atom is -0.459 e. The third kappa shape index (κ3) is 5.27. The number of furan rings is 1. The maximum Gasteiger partial charge on any atom is 0.289 e. The molecule has 0 aliphatic carbocycles. The van der Waals surface area contributed by atoms with Crippen LogP contribution >= 0.6 is 0 Å². The fourth-order valence-electron chi connectivity index (χ4n) is 3.95. The monoisotopic (exact) mass is 476 g/mol. The van der Waals surface area contributed by atoms with Crippen LogP contribution in [0, 0.1) is 0 Å². The van der Waals surface area contributed by atoms with E-state index in [4.69, 9.17) is 9.15 Å². The second-order valence-electron chi connectivity index (χ2n) is 8.01. The summed E-state index contributed by atoms with van der Waals surface area (Å²) in [7, 11) is -3.65. The quantitative estimate of drug-likeness (QED) is 0.664. The molecule has 2 amide bonds. The van der Waals surface area contributed by atoms with Gasteiger partial charge >= 0.3 is 0 Å². The van der Waals surface area contributed by atoms with Crippen LogP contribution in [0.15, 0.2) is 52.0 Å². The Morgan fingerprint density at radius 3 is 2.39 bits per heavy atom. The molecule has 1 aromatic heterocycles. The van der Waals surface area contributed by atoms with Gasteiger partial charge in [0.25, 0.3) is 5.91 Å². The van der Waals surface area contributed by atoms with Gasteiger partial charge in [-0.15, -0.1) is 0 Å². The van der Waals surface area contributed by atoms with Crippen LogP contribution in [-0.2, 0) is 19.6 Å². The van der Waals surface area contributed by atoms with E-state index in [1.807, 2.05) is 4.90 Å². The van der Waals surface area contributed by atoms with E-state index in [0.717, 1.165) is 0 Å². The van der Waals surface area contributed by atoms with Gasteiger partial charge in [0.2, 0.25) is 15.9 Å². The minimum absolute atomic E-state index is 0.139. The highest BCUT2D eigenvalue weighted by Gasteiger charge is 2.30. The van der Waals surface area contributed by atoms with Crippen molar-refractivity contribution < 1.29 is 27.2 Å². The second-order valence-corrected chi connectivity index (χ2v) is 9.95. The summed E-state index contributed by atoms with van der Waals surface area (Å²) in [5.41, 5.74) is 0.424. The van der Waals surface area contributed by atoms with Crippen molar-refractivity contribution in [2.24, 2.45) is 0 Å². The Labute approximate surface area is 193 Å². The molecule has 10 nitrogen and oxygen atoms in total. The van der Waals surface area contributed by atoms with E-state index in [9.17, 15) is 18.0 Å². The zero-order valence-electron chi connectivity index (χ0n) is 18.5. The summed E-state index contributed by atoms with van der Waals surface area (Å²) in [4.78, 5) is 29.1. The van der Waals surface area contributed by atoms with Gasteiger partial charge < -0.3 is 19.4 Å². The molecule has 1 unspecified atom stereocenters. The van der Waals surface area contributed by atoms with Crippen LogP contribution < -0.4 is 5.32 Å². The molecule has 2 saturated heterocycles. The molecular weight excluding hydrogens is 448 g/mol. The number of ether oxygens (including phenoxy) is 1. The fourth-order valence-corrected chi connectivity index (χ4v) is 5.41. The topological polar surface area (TPSA) is 112 Å². The predicted octanol–water partition coefficient (Wildman–Crippen LogP) is 1.09. The predicted molar refractivity (Wildman–Crippen MR) is 120 cm³/mol. The molecule has 0 saturated carbocycles. The van der Waals surface area contributed by atoms with E-state index in [2.05, 4.69) is 5.32 Å². The summed E-state index contributed by atoms with van der Waals surface area (Å²) in [6.07, 6.45) is 1.47. The minimum atomic E-state index is -3.65. The molecule has 33 heavy (non-hydrogen) atoms. The van der Waals surface area contributed by atoms with Gasteiger partial charge in [-0.25, -0.2) is 8.42 Å². The normalized spacial score (nSPS) is 19.2. The molecule has 1 atom stereocenters. The Morgan fingerprint density at radius 2 is 1.73 bits per heavy atom. The molecule has 2 fully saturated rings. The summed E-state index contributed by atoms with van der Waals surface area (Å²) in [5.74, 6) is -0.0852. The SMILES string of the molecule is CC(C(=O)Nc1cccc(S(=O)(=O)N2CCOCC2)c1)N1CCN(C(=O)c2ccco2)CC1. The lowest BCUT2D eigenvalue weighted by Crippen LogP contribution is -2.54. The zero-order chi connectivity index (χ0) is 23.4. The molecule has 0 radical (unpaired) electrons. The molecule has 1 N–H and O–H groups in total. The standard InChI is InChI=1S/C22H28N4O6S/c1-17(24-7-9-25(10-8-24)22(28)20-6-3-13-32-20)21(27)23-18-4-2-5-19(16-18)33(29,30)26-11-14-31-15-12-26/h2-6,13,16-17H,7-12,14-15H2,1H3,(H,23,27). The maximum absolute atomic E-state index is 12.9. The third-order valence-corrected chi connectivity index (χ3v) is 7.86. The van der Waals surface area contributed by atoms with Crippen LogP contribution in [0.5, 0.6) is 0 Å². The van der Waals surface area contributed by atoms with E-state index >= 15 is 0 Å². The van der Waals surface area contributed by atoms with Crippen LogP contribution in [0.1, 0.15) is 17.5 Å². The van der Waals surface area contributed by atoms with E-state index in [1.165, 1.54) is 22.7 Å². The van der Waals surface area contributed by atoms with E-state index in [1.54, 1.807) is 36.1 Å². The number of morpholine rings is 1. The van der Waals surface area contributed by atoms with E-state index in [-0.39, 0.29) is 16.7 Å². The van der Waals surface area contributed by atoms with Crippen LogP contribution in [0.2, 0.25) is 0 Å². The number of carbonyl (C=O) groups excluding carboxylic acids is 2. The average Bonchev–Trinajstić information content (AvgIpc) is 3.39. The molecule has 2 aliphatic rings. The molecule has 0 spiro atoms. The lowest BCUT2D eigenvalue weighted by molar-refractivity contribution is -0.121. The number of nitrogens with zero attached hydrogens (tertiary/aromatic N) is 3. The van der Waals surface area contributed by atoms with Gasteiger partial charge in [0.15, 0.2) is 5.76 Å². The van der Waals surface area contributed by atoms with Crippen molar-refractivity contribution >= 4 is 27.5 Å². The largest absolute Gasteiger partial charge is 0.459 e. The lowest BCUT2D eigenvalue weighted by Gasteiger charge is -2.37. The number of amides is 2. The average molecular weight is 477 g/mol. The Kier molecular flexibility index (Phi) is 7.13. The Hall–Kier alpha value is -2.73. The van der Waals surface area contributed by atoms with Crippen molar-refractivity contribution in [1.29, 1.82) is 0 Å². The van der Waals surface area contributed by atoms with Gasteiger partial charge in [0.1, 0.15) is 0 Å². The van der Waals surface area contributed by atoms with Gasteiger partial charge in [-0.1, -0.05) is 6.07 Å².